The van der Waals surface area contributed by atoms with Gasteiger partial charge < -0.3 is 4.74 Å². The minimum absolute atomic E-state index is 0.168. The number of hydrogen-bond acceptors (Lipinski definition) is 3. The van der Waals surface area contributed by atoms with Crippen LogP contribution in [0.2, 0.25) is 0 Å². The average Bonchev–Trinajstić information content (AvgIpc) is 2.66. The van der Waals surface area contributed by atoms with Crippen LogP contribution in [0.25, 0.3) is 0 Å². The van der Waals surface area contributed by atoms with Crippen LogP contribution in [0.3, 0.4) is 0 Å². The molecule has 1 fully saturated rings. The fraction of sp³-hybridized carbons (Fsp3) is 0.467. The molecule has 1 aromatic rings. The Balaban J connectivity index is 2.35. The second kappa shape index (κ2) is 4.68. The number of hydrogen-bond donors (Lipinski definition) is 0. The van der Waals surface area contributed by atoms with Crippen molar-refractivity contribution in [3.63, 3.8) is 0 Å². The Hall–Kier alpha value is -1.84. The molecule has 0 bridgehead atoms. The lowest BCUT2D eigenvalue weighted by molar-refractivity contribution is -0.147. The second-order valence-corrected chi connectivity index (χ2v) is 5.91. The summed E-state index contributed by atoms with van der Waals surface area (Å²) in [5.74, 6) is -0.511. The van der Waals surface area contributed by atoms with Crippen molar-refractivity contribution < 1.29 is 14.3 Å². The monoisotopic (exact) mass is 261 g/mol. The predicted molar refractivity (Wildman–Crippen MR) is 71.4 cm³/mol. The summed E-state index contributed by atoms with van der Waals surface area (Å²) in [6.45, 7) is 7.56. The summed E-state index contributed by atoms with van der Waals surface area (Å²) in [5.41, 5.74) is 0.257. The van der Waals surface area contributed by atoms with Crippen molar-refractivity contribution in [1.82, 2.24) is 4.90 Å². The molecule has 0 aliphatic carbocycles. The minimum atomic E-state index is -0.545. The Morgan fingerprint density at radius 3 is 2.32 bits per heavy atom. The quantitative estimate of drug-likeness (QED) is 0.729. The largest absolute Gasteiger partial charge is 0.439 e. The van der Waals surface area contributed by atoms with Crippen LogP contribution in [0, 0.1) is 5.41 Å². The summed E-state index contributed by atoms with van der Waals surface area (Å²) in [5, 5.41) is 0. The van der Waals surface area contributed by atoms with E-state index >= 15 is 0 Å². The van der Waals surface area contributed by atoms with E-state index in [1.54, 1.807) is 19.1 Å². The number of carbonyl (C=O) groups excluding carboxylic acids is 2. The molecule has 0 radical (unpaired) electrons. The highest BCUT2D eigenvalue weighted by Gasteiger charge is 2.47. The highest BCUT2D eigenvalue weighted by molar-refractivity contribution is 5.98. The molecule has 0 aromatic heterocycles. The number of ether oxygens (including phenoxy) is 1. The summed E-state index contributed by atoms with van der Waals surface area (Å²) in [6, 6.07) is 8.42. The molecular weight excluding hydrogens is 242 g/mol. The molecule has 4 nitrogen and oxygen atoms in total. The molecule has 2 atom stereocenters. The maximum atomic E-state index is 12.6. The topological polar surface area (TPSA) is 46.6 Å². The summed E-state index contributed by atoms with van der Waals surface area (Å²) >= 11 is 0. The van der Waals surface area contributed by atoms with Crippen molar-refractivity contribution in [2.45, 2.75) is 40.0 Å². The van der Waals surface area contributed by atoms with E-state index in [4.69, 9.17) is 4.74 Å². The van der Waals surface area contributed by atoms with Crippen LogP contribution in [-0.4, -0.2) is 29.0 Å². The molecule has 1 saturated heterocycles. The van der Waals surface area contributed by atoms with Gasteiger partial charge in [-0.25, -0.2) is 4.79 Å². The van der Waals surface area contributed by atoms with Crippen LogP contribution in [0.5, 0.6) is 0 Å². The molecule has 102 valence electrons. The van der Waals surface area contributed by atoms with Gasteiger partial charge in [0.25, 0.3) is 5.91 Å². The summed E-state index contributed by atoms with van der Waals surface area (Å²) < 4.78 is 5.36. The van der Waals surface area contributed by atoms with E-state index in [0.717, 1.165) is 0 Å². The fourth-order valence-electron chi connectivity index (χ4n) is 2.19. The standard InChI is InChI=1S/C15H19NO3/c1-10-13(18)19-14(15(2,3)4)16(10)12(17)11-8-6-5-7-9-11/h5-10,14H,1-4H3/t10-,14+/m1/s1. The van der Waals surface area contributed by atoms with Gasteiger partial charge in [0.2, 0.25) is 0 Å². The van der Waals surface area contributed by atoms with Crippen molar-refractivity contribution in [2.75, 3.05) is 0 Å². The Bertz CT molecular complexity index is 490. The lowest BCUT2D eigenvalue weighted by Crippen LogP contribution is -2.46. The number of nitrogens with zero attached hydrogens (tertiary/aromatic N) is 1. The van der Waals surface area contributed by atoms with Gasteiger partial charge in [0, 0.05) is 11.0 Å². The van der Waals surface area contributed by atoms with Gasteiger partial charge >= 0.3 is 5.97 Å². The van der Waals surface area contributed by atoms with Gasteiger partial charge in [0.15, 0.2) is 6.23 Å². The number of cyclic esters (lactones) is 1. The van der Waals surface area contributed by atoms with E-state index in [0.29, 0.717) is 5.56 Å². The highest BCUT2D eigenvalue weighted by atomic mass is 16.6. The van der Waals surface area contributed by atoms with E-state index in [1.165, 1.54) is 4.90 Å². The van der Waals surface area contributed by atoms with Crippen molar-refractivity contribution in [3.05, 3.63) is 35.9 Å². The van der Waals surface area contributed by atoms with Gasteiger partial charge in [-0.2, -0.15) is 0 Å². The minimum Gasteiger partial charge on any atom is -0.439 e. The molecule has 1 aliphatic heterocycles. The van der Waals surface area contributed by atoms with Gasteiger partial charge in [-0.1, -0.05) is 39.0 Å². The summed E-state index contributed by atoms with van der Waals surface area (Å²) in [4.78, 5) is 25.9. The zero-order valence-corrected chi connectivity index (χ0v) is 11.7. The molecule has 2 rings (SSSR count). The zero-order valence-electron chi connectivity index (χ0n) is 11.7. The number of rotatable bonds is 1. The van der Waals surface area contributed by atoms with E-state index in [-0.39, 0.29) is 17.3 Å². The SMILES string of the molecule is C[C@@H]1C(=O)O[C@@H](C(C)(C)C)N1C(=O)c1ccccc1. The van der Waals surface area contributed by atoms with Crippen LogP contribution in [0.15, 0.2) is 30.3 Å². The van der Waals surface area contributed by atoms with Gasteiger partial charge in [0.05, 0.1) is 0 Å². The third kappa shape index (κ3) is 2.48. The normalized spacial score (nSPS) is 23.4. The second-order valence-electron chi connectivity index (χ2n) is 5.91. The molecule has 1 aliphatic rings. The lowest BCUT2D eigenvalue weighted by atomic mass is 9.93. The molecule has 19 heavy (non-hydrogen) atoms. The molecule has 1 aromatic carbocycles. The molecule has 1 amide bonds. The Morgan fingerprint density at radius 1 is 1.21 bits per heavy atom. The van der Waals surface area contributed by atoms with Crippen molar-refractivity contribution in [3.8, 4) is 0 Å². The van der Waals surface area contributed by atoms with Crippen molar-refractivity contribution in [1.29, 1.82) is 0 Å². The number of amides is 1. The first-order valence-electron chi connectivity index (χ1n) is 6.40. The maximum Gasteiger partial charge on any atom is 0.330 e. The molecular formula is C15H19NO3. The Morgan fingerprint density at radius 2 is 1.79 bits per heavy atom. The smallest absolute Gasteiger partial charge is 0.330 e. The fourth-order valence-corrected chi connectivity index (χ4v) is 2.19. The van der Waals surface area contributed by atoms with E-state index in [2.05, 4.69) is 0 Å². The van der Waals surface area contributed by atoms with E-state index in [9.17, 15) is 9.59 Å². The number of esters is 1. The highest BCUT2D eigenvalue weighted by Crippen LogP contribution is 2.33. The average molecular weight is 261 g/mol. The first-order valence-corrected chi connectivity index (χ1v) is 6.40. The number of benzene rings is 1. The lowest BCUT2D eigenvalue weighted by Gasteiger charge is -2.33. The first kappa shape index (κ1) is 13.6. The van der Waals surface area contributed by atoms with Crippen LogP contribution >= 0.6 is 0 Å². The first-order chi connectivity index (χ1) is 8.82. The molecule has 0 spiro atoms. The van der Waals surface area contributed by atoms with Crippen molar-refractivity contribution in [2.24, 2.45) is 5.41 Å². The molecule has 4 heteroatoms. The Kier molecular flexibility index (Phi) is 3.35. The Labute approximate surface area is 113 Å². The van der Waals surface area contributed by atoms with E-state index in [1.807, 2.05) is 39.0 Å². The zero-order chi connectivity index (χ0) is 14.2. The molecule has 0 saturated carbocycles. The van der Waals surface area contributed by atoms with Crippen LogP contribution in [0.1, 0.15) is 38.1 Å². The third-order valence-electron chi connectivity index (χ3n) is 3.23. The summed E-state index contributed by atoms with van der Waals surface area (Å²) in [7, 11) is 0. The van der Waals surface area contributed by atoms with Crippen LogP contribution < -0.4 is 0 Å². The molecule has 0 N–H and O–H groups in total. The van der Waals surface area contributed by atoms with Gasteiger partial charge in [-0.15, -0.1) is 0 Å². The van der Waals surface area contributed by atoms with Gasteiger partial charge in [-0.05, 0) is 19.1 Å². The van der Waals surface area contributed by atoms with Crippen molar-refractivity contribution >= 4 is 11.9 Å². The van der Waals surface area contributed by atoms with Crippen LogP contribution in [0.4, 0.5) is 0 Å². The predicted octanol–water partition coefficient (Wildman–Crippen LogP) is 2.45. The number of carbonyl (C=O) groups is 2. The third-order valence-corrected chi connectivity index (χ3v) is 3.23. The maximum absolute atomic E-state index is 12.6. The van der Waals surface area contributed by atoms with Crippen LogP contribution in [-0.2, 0) is 9.53 Å². The molecule has 0 unspecified atom stereocenters. The van der Waals surface area contributed by atoms with Gasteiger partial charge in [-0.3, -0.25) is 9.69 Å². The van der Waals surface area contributed by atoms with Gasteiger partial charge in [0.1, 0.15) is 6.04 Å². The van der Waals surface area contributed by atoms with E-state index < -0.39 is 12.3 Å². The molecule has 1 heterocycles. The summed E-state index contributed by atoms with van der Waals surface area (Å²) in [6.07, 6.45) is -0.525.